The van der Waals surface area contributed by atoms with Crippen molar-refractivity contribution >= 4 is 28.6 Å². The van der Waals surface area contributed by atoms with Crippen molar-refractivity contribution in [1.29, 1.82) is 0 Å². The number of phenolic OH excluding ortho intramolecular Hbond substituents is 1. The molecule has 2 aromatic rings. The first-order chi connectivity index (χ1) is 7.65. The number of benzene rings is 1. The Bertz CT molecular complexity index is 503. The van der Waals surface area contributed by atoms with E-state index < -0.39 is 5.82 Å². The average Bonchev–Trinajstić information content (AvgIpc) is 2.66. The van der Waals surface area contributed by atoms with Crippen molar-refractivity contribution in [3.05, 3.63) is 39.6 Å². The molecule has 1 aromatic carbocycles. The highest BCUT2D eigenvalue weighted by Crippen LogP contribution is 2.22. The van der Waals surface area contributed by atoms with Gasteiger partial charge in [-0.25, -0.2) is 9.37 Å². The number of anilines is 1. The summed E-state index contributed by atoms with van der Waals surface area (Å²) in [4.78, 5) is 4.05. The van der Waals surface area contributed by atoms with Gasteiger partial charge in [0, 0.05) is 11.8 Å². The van der Waals surface area contributed by atoms with Crippen LogP contribution in [0.4, 0.5) is 10.1 Å². The number of rotatable bonds is 3. The Hall–Kier alpha value is -1.33. The van der Waals surface area contributed by atoms with Crippen LogP contribution in [0.15, 0.2) is 24.4 Å². The molecule has 0 fully saturated rings. The second-order valence-corrected chi connectivity index (χ2v) is 4.82. The van der Waals surface area contributed by atoms with Gasteiger partial charge in [-0.2, -0.15) is 0 Å². The van der Waals surface area contributed by atoms with Crippen molar-refractivity contribution in [3.63, 3.8) is 0 Å². The van der Waals surface area contributed by atoms with E-state index >= 15 is 0 Å². The highest BCUT2D eigenvalue weighted by molar-refractivity contribution is 7.15. The van der Waals surface area contributed by atoms with Gasteiger partial charge in [0.25, 0.3) is 0 Å². The number of nitrogens with one attached hydrogen (secondary N) is 1. The number of thiazole rings is 1. The molecule has 0 radical (unpaired) electrons. The van der Waals surface area contributed by atoms with Gasteiger partial charge in [0.2, 0.25) is 0 Å². The van der Waals surface area contributed by atoms with Gasteiger partial charge in [0.1, 0.15) is 9.34 Å². The summed E-state index contributed by atoms with van der Waals surface area (Å²) < 4.78 is 13.6. The first kappa shape index (κ1) is 11.2. The smallest absolute Gasteiger partial charge is 0.166 e. The van der Waals surface area contributed by atoms with Crippen molar-refractivity contribution < 1.29 is 9.50 Å². The number of hydrogen-bond acceptors (Lipinski definition) is 4. The third-order valence-corrected chi connectivity index (χ3v) is 3.03. The van der Waals surface area contributed by atoms with Crippen LogP contribution in [0.2, 0.25) is 4.34 Å². The van der Waals surface area contributed by atoms with E-state index in [-0.39, 0.29) is 5.75 Å². The summed E-state index contributed by atoms with van der Waals surface area (Å²) in [6, 6.07) is 4.12. The first-order valence-electron chi connectivity index (χ1n) is 4.48. The maximum Gasteiger partial charge on any atom is 0.166 e. The summed E-state index contributed by atoms with van der Waals surface area (Å²) in [5, 5.41) is 12.8. The van der Waals surface area contributed by atoms with Crippen LogP contribution >= 0.6 is 22.9 Å². The summed E-state index contributed by atoms with van der Waals surface area (Å²) in [7, 11) is 0. The lowest BCUT2D eigenvalue weighted by molar-refractivity contribution is 0.432. The molecule has 0 unspecified atom stereocenters. The van der Waals surface area contributed by atoms with Crippen LogP contribution < -0.4 is 5.32 Å². The summed E-state index contributed by atoms with van der Waals surface area (Å²) in [6.07, 6.45) is 1.57. The van der Waals surface area contributed by atoms with Crippen molar-refractivity contribution in [3.8, 4) is 5.75 Å². The molecule has 1 heterocycles. The summed E-state index contributed by atoms with van der Waals surface area (Å²) >= 11 is 7.09. The first-order valence-corrected chi connectivity index (χ1v) is 5.67. The van der Waals surface area contributed by atoms with E-state index in [0.29, 0.717) is 16.6 Å². The van der Waals surface area contributed by atoms with E-state index in [9.17, 15) is 4.39 Å². The molecular weight excluding hydrogens is 251 g/mol. The molecule has 0 aliphatic heterocycles. The van der Waals surface area contributed by atoms with E-state index in [1.165, 1.54) is 23.5 Å². The summed E-state index contributed by atoms with van der Waals surface area (Å²) in [6.45, 7) is 0.474. The highest BCUT2D eigenvalue weighted by Gasteiger charge is 2.03. The van der Waals surface area contributed by atoms with Crippen molar-refractivity contribution in [1.82, 2.24) is 4.98 Å². The van der Waals surface area contributed by atoms with Crippen LogP contribution in [0.3, 0.4) is 0 Å². The third kappa shape index (κ3) is 2.62. The van der Waals surface area contributed by atoms with Gasteiger partial charge >= 0.3 is 0 Å². The zero-order valence-corrected chi connectivity index (χ0v) is 9.65. The van der Waals surface area contributed by atoms with Gasteiger partial charge < -0.3 is 10.4 Å². The van der Waals surface area contributed by atoms with Crippen LogP contribution in [0.25, 0.3) is 0 Å². The Labute approximate surface area is 101 Å². The van der Waals surface area contributed by atoms with Crippen molar-refractivity contribution in [2.45, 2.75) is 6.54 Å². The van der Waals surface area contributed by atoms with E-state index in [1.54, 1.807) is 12.3 Å². The molecule has 0 atom stereocenters. The molecule has 16 heavy (non-hydrogen) atoms. The Morgan fingerprint density at radius 3 is 2.94 bits per heavy atom. The average molecular weight is 259 g/mol. The standard InChI is InChI=1S/C10H8ClFN2OS/c11-9-4-14-10(16-9)5-13-6-1-2-8(15)7(12)3-6/h1-4,13,15H,5H2. The van der Waals surface area contributed by atoms with Crippen LogP contribution in [0.5, 0.6) is 5.75 Å². The fraction of sp³-hybridized carbons (Fsp3) is 0.100. The normalized spacial score (nSPS) is 10.4. The molecule has 84 valence electrons. The van der Waals surface area contributed by atoms with E-state index in [4.69, 9.17) is 16.7 Å². The topological polar surface area (TPSA) is 45.1 Å². The number of phenols is 1. The van der Waals surface area contributed by atoms with E-state index in [1.807, 2.05) is 0 Å². The van der Waals surface area contributed by atoms with E-state index in [2.05, 4.69) is 10.3 Å². The van der Waals surface area contributed by atoms with Crippen molar-refractivity contribution in [2.75, 3.05) is 5.32 Å². The Balaban J connectivity index is 2.02. The molecule has 2 N–H and O–H groups in total. The summed E-state index contributed by atoms with van der Waals surface area (Å²) in [5.74, 6) is -1.01. The quantitative estimate of drug-likeness (QED) is 0.831. The fourth-order valence-electron chi connectivity index (χ4n) is 1.16. The number of hydrogen-bond donors (Lipinski definition) is 2. The Kier molecular flexibility index (Phi) is 3.26. The molecule has 0 saturated carbocycles. The molecule has 0 bridgehead atoms. The molecule has 2 rings (SSSR count). The van der Waals surface area contributed by atoms with Crippen LogP contribution in [0.1, 0.15) is 5.01 Å². The lowest BCUT2D eigenvalue weighted by atomic mass is 10.3. The molecular formula is C10H8ClFN2OS. The molecule has 0 amide bonds. The van der Waals surface area contributed by atoms with Gasteiger partial charge in [-0.3, -0.25) is 0 Å². The van der Waals surface area contributed by atoms with Crippen LogP contribution in [-0.2, 0) is 6.54 Å². The van der Waals surface area contributed by atoms with E-state index in [0.717, 1.165) is 5.01 Å². The third-order valence-electron chi connectivity index (χ3n) is 1.92. The molecule has 0 saturated heterocycles. The number of aromatic hydroxyl groups is 1. The lowest BCUT2D eigenvalue weighted by Gasteiger charge is -2.04. The van der Waals surface area contributed by atoms with Crippen molar-refractivity contribution in [2.24, 2.45) is 0 Å². The second kappa shape index (κ2) is 4.67. The predicted octanol–water partition coefficient (Wildman–Crippen LogP) is 3.25. The minimum atomic E-state index is -0.651. The number of nitrogens with zero attached hydrogens (tertiary/aromatic N) is 1. The molecule has 6 heteroatoms. The largest absolute Gasteiger partial charge is 0.505 e. The molecule has 0 aliphatic carbocycles. The zero-order valence-electron chi connectivity index (χ0n) is 8.08. The number of aromatic nitrogens is 1. The fourth-order valence-corrected chi connectivity index (χ4v) is 2.06. The minimum absolute atomic E-state index is 0.358. The second-order valence-electron chi connectivity index (χ2n) is 3.08. The van der Waals surface area contributed by atoms with Crippen LogP contribution in [0, 0.1) is 5.82 Å². The zero-order chi connectivity index (χ0) is 11.5. The number of halogens is 2. The lowest BCUT2D eigenvalue weighted by Crippen LogP contribution is -1.98. The highest BCUT2D eigenvalue weighted by atomic mass is 35.5. The van der Waals surface area contributed by atoms with Gasteiger partial charge in [-0.1, -0.05) is 11.6 Å². The maximum absolute atomic E-state index is 13.0. The molecule has 0 spiro atoms. The minimum Gasteiger partial charge on any atom is -0.505 e. The summed E-state index contributed by atoms with van der Waals surface area (Å²) in [5.41, 5.74) is 0.585. The molecule has 3 nitrogen and oxygen atoms in total. The van der Waals surface area contributed by atoms with Gasteiger partial charge in [-0.15, -0.1) is 11.3 Å². The Morgan fingerprint density at radius 1 is 1.50 bits per heavy atom. The van der Waals surface area contributed by atoms with Gasteiger partial charge in [0.15, 0.2) is 11.6 Å². The SMILES string of the molecule is Oc1ccc(NCc2ncc(Cl)s2)cc1F. The molecule has 0 aliphatic rings. The van der Waals surface area contributed by atoms with Crippen LogP contribution in [-0.4, -0.2) is 10.1 Å². The Morgan fingerprint density at radius 2 is 2.31 bits per heavy atom. The maximum atomic E-state index is 13.0. The molecule has 1 aromatic heterocycles. The van der Waals surface area contributed by atoms with Gasteiger partial charge in [0.05, 0.1) is 12.7 Å². The monoisotopic (exact) mass is 258 g/mol. The predicted molar refractivity (Wildman–Crippen MR) is 62.5 cm³/mol. The van der Waals surface area contributed by atoms with Gasteiger partial charge in [-0.05, 0) is 12.1 Å².